The molecule has 1 aromatic carbocycles. The molecule has 1 aliphatic rings. The molecular formula is C21H33NO2. The molecule has 3 nitrogen and oxygen atoms in total. The van der Waals surface area contributed by atoms with E-state index in [-0.39, 0.29) is 5.97 Å². The van der Waals surface area contributed by atoms with Gasteiger partial charge in [-0.1, -0.05) is 32.9 Å². The molecular weight excluding hydrogens is 298 g/mol. The van der Waals surface area contributed by atoms with Crippen LogP contribution in [0, 0.1) is 17.8 Å². The summed E-state index contributed by atoms with van der Waals surface area (Å²) in [6.07, 6.45) is 3.83. The number of hydrogen-bond acceptors (Lipinski definition) is 3. The Balaban J connectivity index is 1.94. The van der Waals surface area contributed by atoms with E-state index in [1.165, 1.54) is 24.1 Å². The first-order chi connectivity index (χ1) is 11.4. The average molecular weight is 332 g/mol. The quantitative estimate of drug-likeness (QED) is 0.679. The third kappa shape index (κ3) is 4.52. The lowest BCUT2D eigenvalue weighted by Crippen LogP contribution is -2.35. The number of aryl methyl sites for hydroxylation is 1. The topological polar surface area (TPSA) is 29.5 Å². The summed E-state index contributed by atoms with van der Waals surface area (Å²) in [5.74, 6) is 2.22. The van der Waals surface area contributed by atoms with Crippen molar-refractivity contribution in [2.24, 2.45) is 17.8 Å². The Labute approximate surface area is 147 Å². The molecule has 24 heavy (non-hydrogen) atoms. The number of benzene rings is 1. The molecule has 0 N–H and O–H groups in total. The predicted molar refractivity (Wildman–Crippen MR) is 100 cm³/mol. The number of esters is 1. The summed E-state index contributed by atoms with van der Waals surface area (Å²) >= 11 is 0. The van der Waals surface area contributed by atoms with Gasteiger partial charge in [0.25, 0.3) is 0 Å². The normalized spacial score (nSPS) is 23.5. The van der Waals surface area contributed by atoms with Crippen LogP contribution >= 0.6 is 0 Å². The minimum absolute atomic E-state index is 0.113. The summed E-state index contributed by atoms with van der Waals surface area (Å²) in [5.41, 5.74) is 2.47. The minimum Gasteiger partial charge on any atom is -0.466 e. The monoisotopic (exact) mass is 331 g/mol. The molecule has 1 saturated carbocycles. The third-order valence-corrected chi connectivity index (χ3v) is 5.70. The van der Waals surface area contributed by atoms with E-state index in [4.69, 9.17) is 4.74 Å². The SMILES string of the molecule is CCOC(=O)CCc1ccc(N(C)C2CCC(C(C)C)C2C)cc1. The molecule has 0 amide bonds. The first kappa shape index (κ1) is 18.8. The molecule has 0 saturated heterocycles. The van der Waals surface area contributed by atoms with Crippen molar-refractivity contribution in [1.29, 1.82) is 0 Å². The van der Waals surface area contributed by atoms with Gasteiger partial charge in [0.05, 0.1) is 6.61 Å². The van der Waals surface area contributed by atoms with Crippen LogP contribution in [0.25, 0.3) is 0 Å². The number of nitrogens with zero attached hydrogens (tertiary/aromatic N) is 1. The second kappa shape index (κ2) is 8.55. The highest BCUT2D eigenvalue weighted by Gasteiger charge is 2.36. The maximum absolute atomic E-state index is 11.5. The molecule has 2 rings (SSSR count). The highest BCUT2D eigenvalue weighted by atomic mass is 16.5. The molecule has 1 fully saturated rings. The van der Waals surface area contributed by atoms with Crippen molar-refractivity contribution < 1.29 is 9.53 Å². The van der Waals surface area contributed by atoms with E-state index in [2.05, 4.69) is 57.0 Å². The number of rotatable bonds is 7. The number of anilines is 1. The van der Waals surface area contributed by atoms with Crippen LogP contribution in [0.15, 0.2) is 24.3 Å². The van der Waals surface area contributed by atoms with Gasteiger partial charge in [-0.15, -0.1) is 0 Å². The second-order valence-corrected chi connectivity index (χ2v) is 7.49. The highest BCUT2D eigenvalue weighted by Crippen LogP contribution is 2.40. The number of ether oxygens (including phenoxy) is 1. The summed E-state index contributed by atoms with van der Waals surface area (Å²) in [5, 5.41) is 0. The Hall–Kier alpha value is -1.51. The fraction of sp³-hybridized carbons (Fsp3) is 0.667. The molecule has 1 aliphatic carbocycles. The van der Waals surface area contributed by atoms with Crippen molar-refractivity contribution >= 4 is 11.7 Å². The van der Waals surface area contributed by atoms with Crippen LogP contribution in [-0.4, -0.2) is 25.7 Å². The van der Waals surface area contributed by atoms with Crippen LogP contribution in [0.3, 0.4) is 0 Å². The van der Waals surface area contributed by atoms with Crippen molar-refractivity contribution in [2.75, 3.05) is 18.6 Å². The summed E-state index contributed by atoms with van der Waals surface area (Å²) < 4.78 is 4.99. The Bertz CT molecular complexity index is 523. The summed E-state index contributed by atoms with van der Waals surface area (Å²) in [6, 6.07) is 9.30. The van der Waals surface area contributed by atoms with Crippen LogP contribution in [0.1, 0.15) is 52.5 Å². The van der Waals surface area contributed by atoms with E-state index >= 15 is 0 Å². The predicted octanol–water partition coefficient (Wildman–Crippen LogP) is 4.69. The highest BCUT2D eigenvalue weighted by molar-refractivity contribution is 5.69. The van der Waals surface area contributed by atoms with E-state index < -0.39 is 0 Å². The van der Waals surface area contributed by atoms with Crippen molar-refractivity contribution in [3.8, 4) is 0 Å². The molecule has 3 heteroatoms. The van der Waals surface area contributed by atoms with Crippen molar-refractivity contribution in [3.05, 3.63) is 29.8 Å². The van der Waals surface area contributed by atoms with Gasteiger partial charge in [-0.05, 0) is 61.6 Å². The minimum atomic E-state index is -0.113. The maximum atomic E-state index is 11.5. The molecule has 3 unspecified atom stereocenters. The summed E-state index contributed by atoms with van der Waals surface area (Å²) in [7, 11) is 2.22. The molecule has 0 spiro atoms. The molecule has 0 heterocycles. The maximum Gasteiger partial charge on any atom is 0.306 e. The fourth-order valence-electron chi connectivity index (χ4n) is 4.23. The van der Waals surface area contributed by atoms with Crippen LogP contribution in [-0.2, 0) is 16.0 Å². The Morgan fingerprint density at radius 1 is 1.25 bits per heavy atom. The number of hydrogen-bond donors (Lipinski definition) is 0. The van der Waals surface area contributed by atoms with Crippen LogP contribution in [0.4, 0.5) is 5.69 Å². The van der Waals surface area contributed by atoms with Crippen molar-refractivity contribution in [3.63, 3.8) is 0 Å². The van der Waals surface area contributed by atoms with E-state index in [1.54, 1.807) is 0 Å². The molecule has 0 aromatic heterocycles. The molecule has 1 aromatic rings. The fourth-order valence-corrected chi connectivity index (χ4v) is 4.23. The van der Waals surface area contributed by atoms with Gasteiger partial charge in [0.2, 0.25) is 0 Å². The first-order valence-electron chi connectivity index (χ1n) is 9.41. The van der Waals surface area contributed by atoms with Crippen LogP contribution in [0.5, 0.6) is 0 Å². The lowest BCUT2D eigenvalue weighted by molar-refractivity contribution is -0.143. The van der Waals surface area contributed by atoms with Gasteiger partial charge < -0.3 is 9.64 Å². The van der Waals surface area contributed by atoms with E-state index in [1.807, 2.05) is 6.92 Å². The first-order valence-corrected chi connectivity index (χ1v) is 9.41. The summed E-state index contributed by atoms with van der Waals surface area (Å²) in [6.45, 7) is 9.41. The zero-order valence-corrected chi connectivity index (χ0v) is 15.9. The van der Waals surface area contributed by atoms with Gasteiger partial charge in [-0.3, -0.25) is 4.79 Å². The van der Waals surface area contributed by atoms with Gasteiger partial charge in [0.15, 0.2) is 0 Å². The van der Waals surface area contributed by atoms with Crippen LogP contribution < -0.4 is 4.90 Å². The van der Waals surface area contributed by atoms with Gasteiger partial charge >= 0.3 is 5.97 Å². The Morgan fingerprint density at radius 2 is 1.92 bits per heavy atom. The average Bonchev–Trinajstić information content (AvgIpc) is 2.95. The van der Waals surface area contributed by atoms with E-state index in [9.17, 15) is 4.79 Å². The van der Waals surface area contributed by atoms with Gasteiger partial charge in [-0.25, -0.2) is 0 Å². The standard InChI is InChI=1S/C21H33NO2/c1-6-24-21(23)14-9-17-7-10-18(11-8-17)22(5)20-13-12-19(15(2)3)16(20)4/h7-8,10-11,15-16,19-20H,6,9,12-14H2,1-5H3. The molecule has 0 radical (unpaired) electrons. The molecule has 134 valence electrons. The Kier molecular flexibility index (Phi) is 6.70. The molecule has 0 bridgehead atoms. The lowest BCUT2D eigenvalue weighted by atomic mass is 9.86. The zero-order valence-electron chi connectivity index (χ0n) is 15.9. The van der Waals surface area contributed by atoms with Crippen molar-refractivity contribution in [2.45, 2.75) is 59.4 Å². The number of carbonyl (C=O) groups is 1. The van der Waals surface area contributed by atoms with Gasteiger partial charge in [0, 0.05) is 25.2 Å². The largest absolute Gasteiger partial charge is 0.466 e. The van der Waals surface area contributed by atoms with Crippen molar-refractivity contribution in [1.82, 2.24) is 0 Å². The van der Waals surface area contributed by atoms with Crippen LogP contribution in [0.2, 0.25) is 0 Å². The van der Waals surface area contributed by atoms with Gasteiger partial charge in [-0.2, -0.15) is 0 Å². The summed E-state index contributed by atoms with van der Waals surface area (Å²) in [4.78, 5) is 13.9. The third-order valence-electron chi connectivity index (χ3n) is 5.70. The lowest BCUT2D eigenvalue weighted by Gasteiger charge is -2.32. The molecule has 3 atom stereocenters. The Morgan fingerprint density at radius 3 is 2.46 bits per heavy atom. The molecule has 0 aliphatic heterocycles. The number of carbonyl (C=O) groups excluding carboxylic acids is 1. The zero-order chi connectivity index (χ0) is 17.7. The smallest absolute Gasteiger partial charge is 0.306 e. The second-order valence-electron chi connectivity index (χ2n) is 7.49. The van der Waals surface area contributed by atoms with E-state index in [0.717, 1.165) is 24.2 Å². The van der Waals surface area contributed by atoms with E-state index in [0.29, 0.717) is 19.1 Å². The van der Waals surface area contributed by atoms with Gasteiger partial charge in [0.1, 0.15) is 0 Å².